The van der Waals surface area contributed by atoms with E-state index in [1.807, 2.05) is 0 Å². The molecule has 0 atom stereocenters. The molecule has 1 saturated heterocycles. The minimum Gasteiger partial charge on any atom is -0.275 e. The summed E-state index contributed by atoms with van der Waals surface area (Å²) in [6.07, 6.45) is 1.58. The first-order valence-electron chi connectivity index (χ1n) is 3.68. The summed E-state index contributed by atoms with van der Waals surface area (Å²) in [7, 11) is 0. The first-order chi connectivity index (χ1) is 6.75. The van der Waals surface area contributed by atoms with E-state index in [0.29, 0.717) is 5.13 Å². The van der Waals surface area contributed by atoms with Gasteiger partial charge >= 0.3 is 6.03 Å². The average molecular weight is 211 g/mol. The van der Waals surface area contributed by atoms with Crippen LogP contribution in [0.15, 0.2) is 21.9 Å². The number of hydrogen-bond acceptors (Lipinski definition) is 6. The molecule has 7 nitrogen and oxygen atoms in total. The Hall–Kier alpha value is -1.83. The third kappa shape index (κ3) is 1.74. The summed E-state index contributed by atoms with van der Waals surface area (Å²) in [5, 5.41) is 12.5. The Morgan fingerprint density at radius 1 is 1.57 bits per heavy atom. The van der Waals surface area contributed by atoms with Crippen molar-refractivity contribution < 1.29 is 9.59 Å². The summed E-state index contributed by atoms with van der Waals surface area (Å²) in [5.41, 5.74) is 0. The molecule has 14 heavy (non-hydrogen) atoms. The lowest BCUT2D eigenvalue weighted by Crippen LogP contribution is -2.23. The molecule has 0 spiro atoms. The molecule has 1 aliphatic rings. The van der Waals surface area contributed by atoms with E-state index < -0.39 is 6.03 Å². The van der Waals surface area contributed by atoms with Crippen LogP contribution >= 0.6 is 11.3 Å². The SMILES string of the molecule is O=C1CN(N=Nc2nccs2)C(=O)N1. The number of aromatic nitrogens is 1. The summed E-state index contributed by atoms with van der Waals surface area (Å²) in [5.74, 6) is -0.381. The number of carbonyl (C=O) groups is 2. The van der Waals surface area contributed by atoms with Crippen LogP contribution < -0.4 is 5.32 Å². The van der Waals surface area contributed by atoms with Crippen LogP contribution in [0.3, 0.4) is 0 Å². The van der Waals surface area contributed by atoms with Crippen molar-refractivity contribution in [2.45, 2.75) is 0 Å². The van der Waals surface area contributed by atoms with Crippen molar-refractivity contribution in [3.63, 3.8) is 0 Å². The largest absolute Gasteiger partial charge is 0.346 e. The zero-order valence-corrected chi connectivity index (χ0v) is 7.69. The molecular formula is C6H5N5O2S. The summed E-state index contributed by atoms with van der Waals surface area (Å²) in [6, 6.07) is -0.560. The molecule has 1 aliphatic heterocycles. The zero-order chi connectivity index (χ0) is 9.97. The number of amides is 3. The van der Waals surface area contributed by atoms with Crippen LogP contribution in [-0.4, -0.2) is 28.5 Å². The molecule has 0 unspecified atom stereocenters. The lowest BCUT2D eigenvalue weighted by molar-refractivity contribution is -0.118. The van der Waals surface area contributed by atoms with Gasteiger partial charge in [0.05, 0.1) is 0 Å². The number of thiazole rings is 1. The molecular weight excluding hydrogens is 206 g/mol. The van der Waals surface area contributed by atoms with Gasteiger partial charge in [0.1, 0.15) is 6.54 Å². The molecule has 2 rings (SSSR count). The maximum Gasteiger partial charge on any atom is 0.346 e. The fraction of sp³-hybridized carbons (Fsp3) is 0.167. The van der Waals surface area contributed by atoms with Gasteiger partial charge in [-0.1, -0.05) is 5.22 Å². The molecule has 1 N–H and O–H groups in total. The van der Waals surface area contributed by atoms with Crippen LogP contribution in [0.5, 0.6) is 0 Å². The number of hydrogen-bond donors (Lipinski definition) is 1. The third-order valence-electron chi connectivity index (χ3n) is 1.43. The summed E-state index contributed by atoms with van der Waals surface area (Å²) >= 11 is 1.29. The standard InChI is InChI=1S/C6H5N5O2S/c12-4-3-11(6(13)8-4)10-9-5-7-1-2-14-5/h1-2H,3H2,(H,8,12,13). The number of nitrogens with zero attached hydrogens (tertiary/aromatic N) is 4. The van der Waals surface area contributed by atoms with E-state index in [4.69, 9.17) is 0 Å². The second-order valence-corrected chi connectivity index (χ2v) is 3.29. The quantitative estimate of drug-likeness (QED) is 0.576. The predicted octanol–water partition coefficient (Wildman–Crippen LogP) is 0.694. The van der Waals surface area contributed by atoms with Crippen LogP contribution in [0.25, 0.3) is 0 Å². The molecule has 8 heteroatoms. The van der Waals surface area contributed by atoms with E-state index >= 15 is 0 Å². The van der Waals surface area contributed by atoms with Crippen molar-refractivity contribution in [2.75, 3.05) is 6.54 Å². The first-order valence-corrected chi connectivity index (χ1v) is 4.56. The second kappa shape index (κ2) is 3.50. The number of carbonyl (C=O) groups excluding carboxylic acids is 2. The average Bonchev–Trinajstić information content (AvgIpc) is 2.72. The summed E-state index contributed by atoms with van der Waals surface area (Å²) < 4.78 is 0. The van der Waals surface area contributed by atoms with Crippen LogP contribution in [0.2, 0.25) is 0 Å². The molecule has 0 radical (unpaired) electrons. The van der Waals surface area contributed by atoms with Crippen molar-refractivity contribution in [3.05, 3.63) is 11.6 Å². The predicted molar refractivity (Wildman–Crippen MR) is 46.9 cm³/mol. The van der Waals surface area contributed by atoms with Crippen molar-refractivity contribution in [1.29, 1.82) is 0 Å². The highest BCUT2D eigenvalue weighted by Gasteiger charge is 2.26. The van der Waals surface area contributed by atoms with Crippen molar-refractivity contribution in [1.82, 2.24) is 15.3 Å². The van der Waals surface area contributed by atoms with Gasteiger partial charge in [-0.25, -0.2) is 9.78 Å². The van der Waals surface area contributed by atoms with Crippen LogP contribution in [0.1, 0.15) is 0 Å². The number of imide groups is 1. The highest BCUT2D eigenvalue weighted by Crippen LogP contribution is 2.15. The lowest BCUT2D eigenvalue weighted by atomic mass is 10.7. The van der Waals surface area contributed by atoms with Crippen molar-refractivity contribution >= 4 is 28.4 Å². The van der Waals surface area contributed by atoms with E-state index in [2.05, 4.69) is 20.6 Å². The minimum atomic E-state index is -0.560. The highest BCUT2D eigenvalue weighted by atomic mass is 32.1. The van der Waals surface area contributed by atoms with Gasteiger partial charge in [0.25, 0.3) is 0 Å². The van der Waals surface area contributed by atoms with Gasteiger partial charge in [0.15, 0.2) is 0 Å². The number of rotatable bonds is 2. The maximum absolute atomic E-state index is 11.0. The van der Waals surface area contributed by atoms with Gasteiger partial charge in [-0.3, -0.25) is 10.1 Å². The summed E-state index contributed by atoms with van der Waals surface area (Å²) in [6.45, 7) is -0.0896. The molecule has 3 amide bonds. The molecule has 0 saturated carbocycles. The molecule has 1 aromatic rings. The molecule has 1 aromatic heterocycles. The lowest BCUT2D eigenvalue weighted by Gasteiger charge is -2.00. The Morgan fingerprint density at radius 3 is 3.00 bits per heavy atom. The molecule has 0 aromatic carbocycles. The van der Waals surface area contributed by atoms with Gasteiger partial charge in [0.2, 0.25) is 11.0 Å². The monoisotopic (exact) mass is 211 g/mol. The first kappa shape index (κ1) is 8.75. The fourth-order valence-corrected chi connectivity index (χ4v) is 1.31. The Bertz CT molecular complexity index is 387. The molecule has 1 fully saturated rings. The summed E-state index contributed by atoms with van der Waals surface area (Å²) in [4.78, 5) is 25.5. The van der Waals surface area contributed by atoms with Gasteiger partial charge < -0.3 is 0 Å². The van der Waals surface area contributed by atoms with Crippen LogP contribution in [0, 0.1) is 0 Å². The van der Waals surface area contributed by atoms with E-state index in [-0.39, 0.29) is 12.5 Å². The van der Waals surface area contributed by atoms with Gasteiger partial charge in [0, 0.05) is 11.6 Å². The molecule has 2 heterocycles. The molecule has 0 bridgehead atoms. The highest BCUT2D eigenvalue weighted by molar-refractivity contribution is 7.13. The van der Waals surface area contributed by atoms with Gasteiger partial charge in [-0.15, -0.1) is 16.5 Å². The van der Waals surface area contributed by atoms with Crippen molar-refractivity contribution in [2.24, 2.45) is 10.3 Å². The molecule has 0 aliphatic carbocycles. The smallest absolute Gasteiger partial charge is 0.275 e. The molecule has 72 valence electrons. The number of nitrogens with one attached hydrogen (secondary N) is 1. The van der Waals surface area contributed by atoms with Gasteiger partial charge in [-0.05, 0) is 0 Å². The Labute approximate surface area is 82.4 Å². The van der Waals surface area contributed by atoms with Crippen molar-refractivity contribution in [3.8, 4) is 0 Å². The normalized spacial score (nSPS) is 16.7. The minimum absolute atomic E-state index is 0.0896. The fourth-order valence-electron chi connectivity index (χ4n) is 0.861. The Morgan fingerprint density at radius 2 is 2.43 bits per heavy atom. The Kier molecular flexibility index (Phi) is 2.19. The van der Waals surface area contributed by atoms with E-state index in [0.717, 1.165) is 5.01 Å². The topological polar surface area (TPSA) is 87.0 Å². The zero-order valence-electron chi connectivity index (χ0n) is 6.88. The third-order valence-corrected chi connectivity index (χ3v) is 2.09. The van der Waals surface area contributed by atoms with Gasteiger partial charge in [-0.2, -0.15) is 5.01 Å². The van der Waals surface area contributed by atoms with E-state index in [1.165, 1.54) is 11.3 Å². The van der Waals surface area contributed by atoms with Crippen LogP contribution in [0.4, 0.5) is 9.93 Å². The Balaban J connectivity index is 2.04. The number of urea groups is 1. The maximum atomic E-state index is 11.0. The van der Waals surface area contributed by atoms with Crippen LogP contribution in [-0.2, 0) is 4.79 Å². The van der Waals surface area contributed by atoms with E-state index in [1.54, 1.807) is 11.6 Å². The second-order valence-electron chi connectivity index (χ2n) is 2.42. The van der Waals surface area contributed by atoms with E-state index in [9.17, 15) is 9.59 Å².